The van der Waals surface area contributed by atoms with Crippen molar-refractivity contribution in [1.29, 1.82) is 0 Å². The highest BCUT2D eigenvalue weighted by atomic mass is 32.2. The number of carbonyl (C=O) groups is 1. The van der Waals surface area contributed by atoms with Gasteiger partial charge < -0.3 is 10.2 Å². The summed E-state index contributed by atoms with van der Waals surface area (Å²) < 4.78 is 22.8. The van der Waals surface area contributed by atoms with Crippen LogP contribution in [0.5, 0.6) is 0 Å². The van der Waals surface area contributed by atoms with Gasteiger partial charge in [-0.3, -0.25) is 4.79 Å². The highest BCUT2D eigenvalue weighted by Crippen LogP contribution is 2.19. The molecule has 2 rings (SSSR count). The molecule has 1 saturated heterocycles. The predicted octanol–water partition coefficient (Wildman–Crippen LogP) is 1.16. The SMILES string of the molecule is CNCC1CCN(C(=O)c2ccc(S(C)(=O)=O)cc2)CC1. The highest BCUT2D eigenvalue weighted by molar-refractivity contribution is 7.90. The van der Waals surface area contributed by atoms with Crippen LogP contribution >= 0.6 is 0 Å². The number of benzene rings is 1. The predicted molar refractivity (Wildman–Crippen MR) is 82.1 cm³/mol. The molecular weight excluding hydrogens is 288 g/mol. The standard InChI is InChI=1S/C15H22N2O3S/c1-16-11-12-7-9-17(10-8-12)15(18)13-3-5-14(6-4-13)21(2,19)20/h3-6,12,16H,7-11H2,1-2H3. The molecule has 0 aliphatic carbocycles. The van der Waals surface area contributed by atoms with Crippen LogP contribution < -0.4 is 5.32 Å². The van der Waals surface area contributed by atoms with Crippen molar-refractivity contribution in [2.24, 2.45) is 5.92 Å². The van der Waals surface area contributed by atoms with Crippen molar-refractivity contribution in [2.45, 2.75) is 17.7 Å². The third-order valence-corrected chi connectivity index (χ3v) is 5.05. The minimum Gasteiger partial charge on any atom is -0.339 e. The molecule has 1 fully saturated rings. The molecule has 1 aliphatic heterocycles. The van der Waals surface area contributed by atoms with E-state index in [2.05, 4.69) is 5.32 Å². The summed E-state index contributed by atoms with van der Waals surface area (Å²) in [5.74, 6) is 0.615. The Kier molecular flexibility index (Phi) is 5.00. The lowest BCUT2D eigenvalue weighted by Gasteiger charge is -2.32. The van der Waals surface area contributed by atoms with Crippen molar-refractivity contribution in [3.05, 3.63) is 29.8 Å². The number of sulfone groups is 1. The van der Waals surface area contributed by atoms with Gasteiger partial charge in [0.2, 0.25) is 0 Å². The summed E-state index contributed by atoms with van der Waals surface area (Å²) in [7, 11) is -1.27. The minimum absolute atomic E-state index is 0.0158. The average molecular weight is 310 g/mol. The van der Waals surface area contributed by atoms with Crippen LogP contribution in [0, 0.1) is 5.92 Å². The third-order valence-electron chi connectivity index (χ3n) is 3.92. The molecular formula is C15H22N2O3S. The Bertz CT molecular complexity index is 588. The summed E-state index contributed by atoms with van der Waals surface area (Å²) in [6.45, 7) is 2.52. The van der Waals surface area contributed by atoms with E-state index in [-0.39, 0.29) is 10.8 Å². The first-order valence-electron chi connectivity index (χ1n) is 7.16. The lowest BCUT2D eigenvalue weighted by Crippen LogP contribution is -2.40. The van der Waals surface area contributed by atoms with Crippen molar-refractivity contribution in [3.63, 3.8) is 0 Å². The maximum atomic E-state index is 12.4. The summed E-state index contributed by atoms with van der Waals surface area (Å²) in [6.07, 6.45) is 3.18. The van der Waals surface area contributed by atoms with Crippen molar-refractivity contribution in [1.82, 2.24) is 10.2 Å². The molecule has 0 aromatic heterocycles. The first kappa shape index (κ1) is 16.0. The van der Waals surface area contributed by atoms with E-state index in [1.165, 1.54) is 12.1 Å². The number of amides is 1. The number of rotatable bonds is 4. The second-order valence-electron chi connectivity index (χ2n) is 5.59. The number of likely N-dealkylation sites (tertiary alicyclic amines) is 1. The number of carbonyl (C=O) groups excluding carboxylic acids is 1. The summed E-state index contributed by atoms with van der Waals surface area (Å²) in [5, 5.41) is 3.17. The fourth-order valence-corrected chi connectivity index (χ4v) is 3.29. The molecule has 1 N–H and O–H groups in total. The Morgan fingerprint density at radius 3 is 2.29 bits per heavy atom. The lowest BCUT2D eigenvalue weighted by atomic mass is 9.96. The average Bonchev–Trinajstić information content (AvgIpc) is 2.47. The molecule has 1 aliphatic rings. The van der Waals surface area contributed by atoms with Gasteiger partial charge in [0.15, 0.2) is 9.84 Å². The molecule has 0 unspecified atom stereocenters. The molecule has 1 amide bonds. The highest BCUT2D eigenvalue weighted by Gasteiger charge is 2.23. The zero-order chi connectivity index (χ0) is 15.5. The molecule has 0 atom stereocenters. The van der Waals surface area contributed by atoms with Crippen LogP contribution in [-0.4, -0.2) is 52.2 Å². The second-order valence-corrected chi connectivity index (χ2v) is 7.61. The molecule has 0 radical (unpaired) electrons. The Morgan fingerprint density at radius 2 is 1.81 bits per heavy atom. The van der Waals surface area contributed by atoms with Crippen LogP contribution in [0.2, 0.25) is 0 Å². The van der Waals surface area contributed by atoms with Crippen molar-refractivity contribution in [3.8, 4) is 0 Å². The monoisotopic (exact) mass is 310 g/mol. The van der Waals surface area contributed by atoms with Crippen molar-refractivity contribution >= 4 is 15.7 Å². The molecule has 1 heterocycles. The van der Waals surface area contributed by atoms with E-state index in [9.17, 15) is 13.2 Å². The van der Waals surface area contributed by atoms with E-state index in [4.69, 9.17) is 0 Å². The van der Waals surface area contributed by atoms with Crippen LogP contribution in [0.15, 0.2) is 29.2 Å². The number of hydrogen-bond acceptors (Lipinski definition) is 4. The number of hydrogen-bond donors (Lipinski definition) is 1. The normalized spacial score (nSPS) is 17.0. The number of piperidine rings is 1. The lowest BCUT2D eigenvalue weighted by molar-refractivity contribution is 0.0691. The van der Waals surface area contributed by atoms with Gasteiger partial charge >= 0.3 is 0 Å². The molecule has 5 nitrogen and oxygen atoms in total. The van der Waals surface area contributed by atoms with E-state index in [0.29, 0.717) is 11.5 Å². The van der Waals surface area contributed by atoms with E-state index in [1.54, 1.807) is 12.1 Å². The van der Waals surface area contributed by atoms with Crippen molar-refractivity contribution < 1.29 is 13.2 Å². The van der Waals surface area contributed by atoms with Crippen molar-refractivity contribution in [2.75, 3.05) is 32.9 Å². The third kappa shape index (κ3) is 4.04. The fourth-order valence-electron chi connectivity index (χ4n) is 2.66. The smallest absolute Gasteiger partial charge is 0.253 e. The Morgan fingerprint density at radius 1 is 1.24 bits per heavy atom. The first-order chi connectivity index (χ1) is 9.91. The van der Waals surface area contributed by atoms with Gasteiger partial charge in [0, 0.05) is 24.9 Å². The molecule has 1 aromatic carbocycles. The summed E-state index contributed by atoms with van der Waals surface area (Å²) in [6, 6.07) is 6.18. The molecule has 0 spiro atoms. The summed E-state index contributed by atoms with van der Waals surface area (Å²) >= 11 is 0. The van der Waals surface area contributed by atoms with Crippen LogP contribution in [0.1, 0.15) is 23.2 Å². The van der Waals surface area contributed by atoms with Crippen LogP contribution in [0.3, 0.4) is 0 Å². The molecule has 0 saturated carbocycles. The fraction of sp³-hybridized carbons (Fsp3) is 0.533. The van der Waals surface area contributed by atoms with Gasteiger partial charge in [-0.1, -0.05) is 0 Å². The van der Waals surface area contributed by atoms with Crippen LogP contribution in [0.4, 0.5) is 0 Å². The second kappa shape index (κ2) is 6.58. The molecule has 116 valence electrons. The summed E-state index contributed by atoms with van der Waals surface area (Å²) in [5.41, 5.74) is 0.550. The van der Waals surface area contributed by atoms with Gasteiger partial charge in [0.05, 0.1) is 4.90 Å². The molecule has 21 heavy (non-hydrogen) atoms. The van der Waals surface area contributed by atoms with Gasteiger partial charge in [-0.15, -0.1) is 0 Å². The number of nitrogens with zero attached hydrogens (tertiary/aromatic N) is 1. The van der Waals surface area contributed by atoms with E-state index < -0.39 is 9.84 Å². The maximum absolute atomic E-state index is 12.4. The maximum Gasteiger partial charge on any atom is 0.253 e. The molecule has 1 aromatic rings. The van der Waals surface area contributed by atoms with Gasteiger partial charge in [0.1, 0.15) is 0 Å². The Hall–Kier alpha value is -1.40. The largest absolute Gasteiger partial charge is 0.339 e. The number of nitrogens with one attached hydrogen (secondary N) is 1. The minimum atomic E-state index is -3.22. The van der Waals surface area contributed by atoms with E-state index >= 15 is 0 Å². The van der Waals surface area contributed by atoms with Crippen LogP contribution in [-0.2, 0) is 9.84 Å². The quantitative estimate of drug-likeness (QED) is 0.906. The Labute approximate surface area is 126 Å². The van der Waals surface area contributed by atoms with E-state index in [0.717, 1.165) is 38.7 Å². The first-order valence-corrected chi connectivity index (χ1v) is 9.05. The van der Waals surface area contributed by atoms with Crippen LogP contribution in [0.25, 0.3) is 0 Å². The van der Waals surface area contributed by atoms with Gasteiger partial charge in [-0.2, -0.15) is 0 Å². The zero-order valence-electron chi connectivity index (χ0n) is 12.5. The Balaban J connectivity index is 2.01. The van der Waals surface area contributed by atoms with Gasteiger partial charge in [0.25, 0.3) is 5.91 Å². The molecule has 6 heteroatoms. The van der Waals surface area contributed by atoms with Gasteiger partial charge in [-0.25, -0.2) is 8.42 Å². The molecule has 0 bridgehead atoms. The zero-order valence-corrected chi connectivity index (χ0v) is 13.3. The topological polar surface area (TPSA) is 66.5 Å². The van der Waals surface area contributed by atoms with E-state index in [1.807, 2.05) is 11.9 Å². The van der Waals surface area contributed by atoms with Gasteiger partial charge in [-0.05, 0) is 56.6 Å². The summed E-state index contributed by atoms with van der Waals surface area (Å²) in [4.78, 5) is 14.5.